The van der Waals surface area contributed by atoms with E-state index in [1.807, 2.05) is 6.92 Å². The highest BCUT2D eigenvalue weighted by Crippen LogP contribution is 2.35. The smallest absolute Gasteiger partial charge is 0.241 e. The van der Waals surface area contributed by atoms with Gasteiger partial charge in [0.2, 0.25) is 10.0 Å². The van der Waals surface area contributed by atoms with Crippen LogP contribution in [-0.4, -0.2) is 28.4 Å². The van der Waals surface area contributed by atoms with E-state index in [9.17, 15) is 13.2 Å². The summed E-state index contributed by atoms with van der Waals surface area (Å²) < 4.78 is 37.7. The Hall–Kier alpha value is -2.35. The molecule has 0 atom stereocenters. The number of fused-ring (bicyclic) bond motifs is 1. The number of sulfonamides is 1. The van der Waals surface area contributed by atoms with E-state index in [-0.39, 0.29) is 21.3 Å². The van der Waals surface area contributed by atoms with Crippen molar-refractivity contribution in [3.8, 4) is 5.75 Å². The lowest BCUT2D eigenvalue weighted by Crippen LogP contribution is -2.19. The monoisotopic (exact) mass is 407 g/mol. The van der Waals surface area contributed by atoms with E-state index in [0.717, 1.165) is 0 Å². The number of para-hydroxylation sites is 1. The average molecular weight is 408 g/mol. The van der Waals surface area contributed by atoms with Crippen molar-refractivity contribution in [2.24, 2.45) is 0 Å². The highest BCUT2D eigenvalue weighted by Gasteiger charge is 2.25. The molecule has 0 bridgehead atoms. The maximum atomic E-state index is 13.2. The lowest BCUT2D eigenvalue weighted by molar-refractivity contribution is 0.103. The number of aryl methyl sites for hydroxylation is 1. The second-order valence-electron chi connectivity index (χ2n) is 5.77. The van der Waals surface area contributed by atoms with E-state index >= 15 is 0 Å². The maximum Gasteiger partial charge on any atom is 0.241 e. The summed E-state index contributed by atoms with van der Waals surface area (Å²) in [5.41, 5.74) is 1.08. The molecule has 1 aromatic heterocycles. The van der Waals surface area contributed by atoms with E-state index < -0.39 is 10.0 Å². The van der Waals surface area contributed by atoms with Gasteiger partial charge in [0.25, 0.3) is 0 Å². The van der Waals surface area contributed by atoms with E-state index in [1.165, 1.54) is 32.4 Å². The molecule has 0 saturated carbocycles. The summed E-state index contributed by atoms with van der Waals surface area (Å²) in [7, 11) is -0.991. The van der Waals surface area contributed by atoms with E-state index in [1.54, 1.807) is 18.2 Å². The molecule has 2 aromatic carbocycles. The van der Waals surface area contributed by atoms with Crippen LogP contribution in [0.1, 0.15) is 28.6 Å². The molecule has 0 amide bonds. The standard InChI is InChI=1S/C19H18ClNO5S/c1-4-14-17(12-6-5-7-15(25-3)19(12)26-14)18(22)11-8-9-13(20)16(10-11)27(23,24)21-2/h5-10,21H,4H2,1-3H3. The van der Waals surface area contributed by atoms with Crippen molar-refractivity contribution in [3.05, 3.63) is 58.3 Å². The molecule has 8 heteroatoms. The van der Waals surface area contributed by atoms with Crippen LogP contribution >= 0.6 is 11.6 Å². The van der Waals surface area contributed by atoms with Gasteiger partial charge in [-0.05, 0) is 31.3 Å². The summed E-state index contributed by atoms with van der Waals surface area (Å²) in [6.45, 7) is 1.87. The van der Waals surface area contributed by atoms with Crippen LogP contribution in [0.3, 0.4) is 0 Å². The van der Waals surface area contributed by atoms with Gasteiger partial charge in [-0.3, -0.25) is 4.79 Å². The largest absolute Gasteiger partial charge is 0.493 e. The van der Waals surface area contributed by atoms with Gasteiger partial charge in [0, 0.05) is 17.4 Å². The van der Waals surface area contributed by atoms with E-state index in [4.69, 9.17) is 20.8 Å². The number of hydrogen-bond donors (Lipinski definition) is 1. The zero-order chi connectivity index (χ0) is 19.8. The molecule has 0 fully saturated rings. The van der Waals surface area contributed by atoms with Crippen LogP contribution in [0.2, 0.25) is 5.02 Å². The molecule has 0 unspecified atom stereocenters. The lowest BCUT2D eigenvalue weighted by Gasteiger charge is -2.08. The summed E-state index contributed by atoms with van der Waals surface area (Å²) >= 11 is 6.02. The Bertz CT molecular complexity index is 1130. The number of methoxy groups -OCH3 is 1. The maximum absolute atomic E-state index is 13.2. The van der Waals surface area contributed by atoms with Crippen molar-refractivity contribution in [1.29, 1.82) is 0 Å². The fourth-order valence-electron chi connectivity index (χ4n) is 2.91. The van der Waals surface area contributed by atoms with Gasteiger partial charge >= 0.3 is 0 Å². The van der Waals surface area contributed by atoms with Crippen LogP contribution in [0.25, 0.3) is 11.0 Å². The predicted octanol–water partition coefficient (Wildman–Crippen LogP) is 3.80. The zero-order valence-corrected chi connectivity index (χ0v) is 16.6. The van der Waals surface area contributed by atoms with E-state index in [0.29, 0.717) is 34.5 Å². The number of carbonyl (C=O) groups is 1. The number of halogens is 1. The number of rotatable bonds is 6. The first-order valence-corrected chi connectivity index (χ1v) is 10.1. The molecule has 1 heterocycles. The number of ketones is 1. The number of carbonyl (C=O) groups excluding carboxylic acids is 1. The highest BCUT2D eigenvalue weighted by atomic mass is 35.5. The van der Waals surface area contributed by atoms with Gasteiger partial charge in [0.05, 0.1) is 17.7 Å². The van der Waals surface area contributed by atoms with Crippen molar-refractivity contribution in [2.75, 3.05) is 14.2 Å². The molecule has 3 aromatic rings. The Morgan fingerprint density at radius 1 is 1.26 bits per heavy atom. The van der Waals surface area contributed by atoms with Crippen LogP contribution in [-0.2, 0) is 16.4 Å². The Labute approximate surface area is 162 Å². The predicted molar refractivity (Wildman–Crippen MR) is 103 cm³/mol. The van der Waals surface area contributed by atoms with Crippen LogP contribution in [0.4, 0.5) is 0 Å². The van der Waals surface area contributed by atoms with Crippen molar-refractivity contribution in [1.82, 2.24) is 4.72 Å². The molecule has 0 aliphatic rings. The van der Waals surface area contributed by atoms with E-state index in [2.05, 4.69) is 4.72 Å². The molecule has 27 heavy (non-hydrogen) atoms. The second kappa shape index (κ2) is 7.34. The fourth-order valence-corrected chi connectivity index (χ4v) is 4.15. The van der Waals surface area contributed by atoms with Crippen molar-refractivity contribution in [3.63, 3.8) is 0 Å². The quantitative estimate of drug-likeness (QED) is 0.628. The highest BCUT2D eigenvalue weighted by molar-refractivity contribution is 7.89. The molecule has 6 nitrogen and oxygen atoms in total. The Morgan fingerprint density at radius 3 is 2.63 bits per heavy atom. The Balaban J connectivity index is 2.22. The topological polar surface area (TPSA) is 85.6 Å². The van der Waals surface area contributed by atoms with Crippen LogP contribution in [0.15, 0.2) is 45.7 Å². The van der Waals surface area contributed by atoms with Crippen LogP contribution < -0.4 is 9.46 Å². The lowest BCUT2D eigenvalue weighted by atomic mass is 9.99. The molecular weight excluding hydrogens is 390 g/mol. The molecule has 1 N–H and O–H groups in total. The van der Waals surface area contributed by atoms with Gasteiger partial charge in [-0.25, -0.2) is 13.1 Å². The van der Waals surface area contributed by atoms with Gasteiger partial charge in [-0.15, -0.1) is 0 Å². The first-order chi connectivity index (χ1) is 12.8. The number of benzene rings is 2. The fraction of sp³-hybridized carbons (Fsp3) is 0.211. The third-order valence-corrected chi connectivity index (χ3v) is 6.17. The number of ether oxygens (including phenoxy) is 1. The summed E-state index contributed by atoms with van der Waals surface area (Å²) in [5, 5.41) is 0.652. The zero-order valence-electron chi connectivity index (χ0n) is 15.0. The summed E-state index contributed by atoms with van der Waals surface area (Å²) in [6.07, 6.45) is 0.494. The SMILES string of the molecule is CCc1oc2c(OC)cccc2c1C(=O)c1ccc(Cl)c(S(=O)(=O)NC)c1. The van der Waals surface area contributed by atoms with Crippen molar-refractivity contribution in [2.45, 2.75) is 18.2 Å². The van der Waals surface area contributed by atoms with Crippen LogP contribution in [0.5, 0.6) is 5.75 Å². The number of hydrogen-bond acceptors (Lipinski definition) is 5. The summed E-state index contributed by atoms with van der Waals surface area (Å²) in [6, 6.07) is 9.46. The van der Waals surface area contributed by atoms with Gasteiger partial charge in [-0.2, -0.15) is 0 Å². The molecular formula is C19H18ClNO5S. The second-order valence-corrected chi connectivity index (χ2v) is 8.03. The van der Waals surface area contributed by atoms with Crippen molar-refractivity contribution >= 4 is 38.4 Å². The van der Waals surface area contributed by atoms with Crippen LogP contribution in [0, 0.1) is 0 Å². The number of furan rings is 1. The molecule has 0 aliphatic heterocycles. The van der Waals surface area contributed by atoms with Gasteiger partial charge in [-0.1, -0.05) is 30.7 Å². The van der Waals surface area contributed by atoms with Gasteiger partial charge in [0.1, 0.15) is 10.7 Å². The Kier molecular flexibility index (Phi) is 5.28. The molecule has 0 spiro atoms. The molecule has 0 radical (unpaired) electrons. The normalized spacial score (nSPS) is 11.7. The van der Waals surface area contributed by atoms with Gasteiger partial charge in [0.15, 0.2) is 17.1 Å². The third kappa shape index (κ3) is 3.34. The minimum Gasteiger partial charge on any atom is -0.493 e. The average Bonchev–Trinajstić information content (AvgIpc) is 3.06. The minimum atomic E-state index is -3.80. The first kappa shape index (κ1) is 19.4. The first-order valence-electron chi connectivity index (χ1n) is 8.20. The molecule has 0 saturated heterocycles. The van der Waals surface area contributed by atoms with Gasteiger partial charge < -0.3 is 9.15 Å². The summed E-state index contributed by atoms with van der Waals surface area (Å²) in [5.74, 6) is 0.686. The minimum absolute atomic E-state index is 0.0373. The molecule has 3 rings (SSSR count). The third-order valence-electron chi connectivity index (χ3n) is 4.27. The molecule has 0 aliphatic carbocycles. The summed E-state index contributed by atoms with van der Waals surface area (Å²) in [4.78, 5) is 13.1. The number of nitrogens with one attached hydrogen (secondary N) is 1. The Morgan fingerprint density at radius 2 is 2.00 bits per heavy atom. The van der Waals surface area contributed by atoms with Crippen molar-refractivity contribution < 1.29 is 22.4 Å². The molecule has 142 valence electrons.